The number of H-pyrrole nitrogens is 1. The van der Waals surface area contributed by atoms with Crippen LogP contribution in [0, 0.1) is 98.8 Å². The number of hydrogen-bond donors (Lipinski definition) is 1. The summed E-state index contributed by atoms with van der Waals surface area (Å²) in [4.78, 5) is 32.5. The predicted molar refractivity (Wildman–Crippen MR) is 443 cm³/mol. The Kier molecular flexibility index (Phi) is 44.0. The fraction of sp³-hybridized carbons (Fsp3) is 0.443. The van der Waals surface area contributed by atoms with Crippen LogP contribution in [-0.2, 0) is 0 Å². The summed E-state index contributed by atoms with van der Waals surface area (Å²) in [6.45, 7) is 66.0. The predicted octanol–water partition coefficient (Wildman–Crippen LogP) is 26.5. The number of benzene rings is 3. The van der Waals surface area contributed by atoms with Crippen molar-refractivity contribution >= 4 is 65.7 Å². The van der Waals surface area contributed by atoms with Crippen LogP contribution in [0.15, 0.2) is 181 Å². The van der Waals surface area contributed by atoms with Crippen molar-refractivity contribution in [1.29, 1.82) is 0 Å². The first-order valence-electron chi connectivity index (χ1n) is 36.2. The van der Waals surface area contributed by atoms with Gasteiger partial charge in [0.05, 0.1) is 33.3 Å². The number of rotatable bonds is 3. The summed E-state index contributed by atoms with van der Waals surface area (Å²) in [5.74, 6) is 5.85. The number of imidazole rings is 1. The molecule has 13 rings (SSSR count). The molecule has 0 saturated heterocycles. The maximum absolute atomic E-state index is 4.72. The highest BCUT2D eigenvalue weighted by Crippen LogP contribution is 2.25. The number of aromatic nitrogens is 11. The number of aryl methyl sites for hydroxylation is 10. The Morgan fingerprint density at radius 2 is 0.792 bits per heavy atom. The Morgan fingerprint density at radius 1 is 0.366 bits per heavy atom. The first-order valence-corrected chi connectivity index (χ1v) is 37.1. The van der Waals surface area contributed by atoms with Crippen LogP contribution in [0.5, 0.6) is 0 Å². The van der Waals surface area contributed by atoms with E-state index < -0.39 is 0 Å². The molecule has 3 aromatic carbocycles. The number of nitrogens with zero attached hydrogens (tertiary/aromatic N) is 10. The van der Waals surface area contributed by atoms with Crippen LogP contribution >= 0.6 is 11.3 Å². The minimum atomic E-state index is 0.549. The third-order valence-corrected chi connectivity index (χ3v) is 13.8. The zero-order valence-electron chi connectivity index (χ0n) is 68.2. The van der Waals surface area contributed by atoms with Gasteiger partial charge in [0.25, 0.3) is 0 Å². The molecule has 0 atom stereocenters. The van der Waals surface area contributed by atoms with E-state index >= 15 is 0 Å². The van der Waals surface area contributed by atoms with Crippen LogP contribution in [0.4, 0.5) is 0 Å². The van der Waals surface area contributed by atoms with Crippen LogP contribution in [0.3, 0.4) is 0 Å². The lowest BCUT2D eigenvalue weighted by atomic mass is 10.1. The van der Waals surface area contributed by atoms with Gasteiger partial charge in [0.2, 0.25) is 0 Å². The normalized spacial score (nSPS) is 10.2. The fourth-order valence-corrected chi connectivity index (χ4v) is 9.57. The van der Waals surface area contributed by atoms with Gasteiger partial charge in [-0.05, 0) is 187 Å². The van der Waals surface area contributed by atoms with Gasteiger partial charge in [0.15, 0.2) is 5.89 Å². The fourth-order valence-electron chi connectivity index (χ4n) is 9.13. The molecule has 0 aliphatic heterocycles. The Balaban J connectivity index is 0.000000566. The van der Waals surface area contributed by atoms with Crippen LogP contribution in [0.25, 0.3) is 54.4 Å². The molecule has 0 spiro atoms. The largest absolute Gasteiger partial charge is 0.449 e. The van der Waals surface area contributed by atoms with Crippen LogP contribution in [0.1, 0.15) is 220 Å². The number of thiazole rings is 1. The molecule has 0 saturated carbocycles. The minimum Gasteiger partial charge on any atom is -0.449 e. The van der Waals surface area contributed by atoms with Crippen molar-refractivity contribution in [3.8, 4) is 0 Å². The topological polar surface area (TPSA) is 134 Å². The molecule has 101 heavy (non-hydrogen) atoms. The van der Waals surface area contributed by atoms with Crippen LogP contribution in [-0.4, -0.2) is 53.6 Å². The quantitative estimate of drug-likeness (QED) is 0.173. The van der Waals surface area contributed by atoms with Crippen molar-refractivity contribution in [2.24, 2.45) is 29.6 Å². The summed E-state index contributed by atoms with van der Waals surface area (Å²) in [7, 11) is 0. The van der Waals surface area contributed by atoms with Crippen molar-refractivity contribution in [3.63, 3.8) is 0 Å². The SMILES string of the molecule is CC(C)C.CC(C)C.CC(C)C.CC(C)C.CC(C)C.Cc1c2ccccc2cn1C(C)C.Cc1ccc(C)n1C(C)C.Cc1ccc2ccc3ccc(C)nc3c2n1.Cc1ccc2ccc3cccnc3c2n1.Cc1cccn1C(C)C.Cc1ncc[nH]1.Cc1ncco1.Cc1nccs1. The van der Waals surface area contributed by atoms with Gasteiger partial charge in [0.1, 0.15) is 12.1 Å². The van der Waals surface area contributed by atoms with Gasteiger partial charge >= 0.3 is 0 Å². The number of aromatic amines is 1. The summed E-state index contributed by atoms with van der Waals surface area (Å²) < 4.78 is 11.6. The number of nitrogens with one attached hydrogen (secondary N) is 1. The standard InChI is InChI=1S/C14H12N2.C13H10N2.C12H15N.C9H15N.C8H13N.C4H6N2.C4H5NO.C4H5NS.5C4H10/c1-9-3-5-11-7-8-12-6-4-10(2)16-14(12)13(11)15-9;1-9-4-5-11-7-6-10-3-2-8-14-12(10)13(11)15-9;1-9(2)13-8-11-6-4-5-7-12(11)10(13)3;1-7(2)10-8(3)5-6-9(10)4;1-7(2)9-6-4-5-8(9)3;3*1-4-5-2-3-6-4;5*1-4(2)3/h3-8H,1-2H3;2-8H,1H3;4-9H,1-3H3;5-7H,1-4H3;4-7H,1-3H3;2-3H,1H3,(H,5,6);2*2-3H,1H3;5*4H,1-3H3. The van der Waals surface area contributed by atoms with Crippen molar-refractivity contribution in [2.45, 2.75) is 233 Å². The summed E-state index contributed by atoms with van der Waals surface area (Å²) in [6.07, 6.45) is 14.7. The second-order valence-corrected chi connectivity index (χ2v) is 30.3. The third-order valence-electron chi connectivity index (χ3n) is 13.1. The molecule has 1 N–H and O–H groups in total. The monoisotopic (exact) mass is 1390 g/mol. The molecule has 12 nitrogen and oxygen atoms in total. The number of fused-ring (bicyclic) bond motifs is 7. The van der Waals surface area contributed by atoms with E-state index in [1.54, 1.807) is 49.3 Å². The lowest BCUT2D eigenvalue weighted by Crippen LogP contribution is -2.03. The second kappa shape index (κ2) is 49.1. The summed E-state index contributed by atoms with van der Waals surface area (Å²) in [5.41, 5.74) is 12.5. The molecule has 13 heteroatoms. The Hall–Kier alpha value is -8.55. The maximum atomic E-state index is 4.72. The maximum Gasteiger partial charge on any atom is 0.190 e. The highest BCUT2D eigenvalue weighted by Gasteiger charge is 2.08. The zero-order chi connectivity index (χ0) is 76.5. The van der Waals surface area contributed by atoms with Crippen LogP contribution < -0.4 is 0 Å². The first kappa shape index (κ1) is 90.5. The molecule has 10 aromatic heterocycles. The second-order valence-electron chi connectivity index (χ2n) is 29.2. The molecular weight excluding hydrogens is 1260 g/mol. The molecule has 0 aliphatic rings. The zero-order valence-corrected chi connectivity index (χ0v) is 69.0. The summed E-state index contributed by atoms with van der Waals surface area (Å²) in [6, 6.07) is 43.6. The summed E-state index contributed by atoms with van der Waals surface area (Å²) >= 11 is 1.67. The number of hydrogen-bond acceptors (Lipinski definition) is 9. The molecule has 0 aliphatic carbocycles. The highest BCUT2D eigenvalue weighted by atomic mass is 32.1. The van der Waals surface area contributed by atoms with E-state index in [-0.39, 0.29) is 0 Å². The minimum absolute atomic E-state index is 0.549. The van der Waals surface area contributed by atoms with Gasteiger partial charge in [-0.2, -0.15) is 0 Å². The van der Waals surface area contributed by atoms with E-state index in [4.69, 9.17) is 4.42 Å². The molecular formula is C88H131N11OS. The van der Waals surface area contributed by atoms with Gasteiger partial charge < -0.3 is 23.1 Å². The molecule has 13 aromatic rings. The molecule has 0 unspecified atom stereocenters. The van der Waals surface area contributed by atoms with E-state index in [2.05, 4.69) is 336 Å². The van der Waals surface area contributed by atoms with Crippen molar-refractivity contribution < 1.29 is 4.42 Å². The molecule has 0 bridgehead atoms. The lowest BCUT2D eigenvalue weighted by molar-refractivity contribution is 0.521. The number of pyridine rings is 4. The van der Waals surface area contributed by atoms with E-state index in [0.29, 0.717) is 18.1 Å². The molecule has 0 amide bonds. The average molecular weight is 1390 g/mol. The van der Waals surface area contributed by atoms with Crippen molar-refractivity contribution in [2.75, 3.05) is 0 Å². The van der Waals surface area contributed by atoms with Gasteiger partial charge in [-0.1, -0.05) is 177 Å². The Labute approximate surface area is 615 Å². The first-order chi connectivity index (χ1) is 47.5. The third kappa shape index (κ3) is 38.2. The smallest absolute Gasteiger partial charge is 0.190 e. The van der Waals surface area contributed by atoms with E-state index in [1.165, 1.54) is 33.5 Å². The highest BCUT2D eigenvalue weighted by molar-refractivity contribution is 7.09. The molecule has 550 valence electrons. The van der Waals surface area contributed by atoms with Crippen molar-refractivity contribution in [3.05, 3.63) is 233 Å². The van der Waals surface area contributed by atoms with E-state index in [1.807, 2.05) is 70.5 Å². The van der Waals surface area contributed by atoms with Gasteiger partial charge in [-0.3, -0.25) is 24.9 Å². The molecule has 0 radical (unpaired) electrons. The Bertz CT molecular complexity index is 4010. The van der Waals surface area contributed by atoms with E-state index in [9.17, 15) is 0 Å². The van der Waals surface area contributed by atoms with Gasteiger partial charge in [-0.15, -0.1) is 11.3 Å². The Morgan fingerprint density at radius 3 is 1.08 bits per heavy atom. The van der Waals surface area contributed by atoms with Gasteiger partial charge in [0, 0.05) is 134 Å². The van der Waals surface area contributed by atoms with E-state index in [0.717, 1.165) is 107 Å². The van der Waals surface area contributed by atoms with Gasteiger partial charge in [-0.25, -0.2) is 9.97 Å². The lowest BCUT2D eigenvalue weighted by Gasteiger charge is -2.12. The average Bonchev–Trinajstić information content (AvgIpc) is 1.69. The number of oxazole rings is 1. The molecule has 0 fully saturated rings. The van der Waals surface area contributed by atoms with Crippen LogP contribution in [0.2, 0.25) is 0 Å². The van der Waals surface area contributed by atoms with Crippen molar-refractivity contribution in [1.82, 2.24) is 53.6 Å². The molecule has 10 heterocycles. The summed E-state index contributed by atoms with van der Waals surface area (Å²) in [5, 5.41) is 10.4.